The van der Waals surface area contributed by atoms with Gasteiger partial charge in [0, 0.05) is 0 Å². The van der Waals surface area contributed by atoms with Crippen molar-refractivity contribution in [3.8, 4) is 0 Å². The Hall–Kier alpha value is -1.25. The van der Waals surface area contributed by atoms with Gasteiger partial charge in [0.1, 0.15) is 0 Å². The molecule has 1 atom stereocenters. The first-order valence-electron chi connectivity index (χ1n) is 3.11. The van der Waals surface area contributed by atoms with E-state index in [-0.39, 0.29) is 5.92 Å². The zero-order valence-electron chi connectivity index (χ0n) is 5.45. The fraction of sp³-hybridized carbons (Fsp3) is 0.286. The fourth-order valence-corrected chi connectivity index (χ4v) is 0.772. The second-order valence-corrected chi connectivity index (χ2v) is 2.11. The van der Waals surface area contributed by atoms with Gasteiger partial charge in [0.15, 0.2) is 0 Å². The second kappa shape index (κ2) is 3.06. The molecule has 0 aromatic heterocycles. The molecule has 3 nitrogen and oxygen atoms in total. The van der Waals surface area contributed by atoms with Crippen molar-refractivity contribution < 1.29 is 9.90 Å². The van der Waals surface area contributed by atoms with Gasteiger partial charge in [0.25, 0.3) is 0 Å². The molecule has 0 spiro atoms. The van der Waals surface area contributed by atoms with Crippen LogP contribution in [0.3, 0.4) is 0 Å². The number of carbonyl (C=O) groups is 1. The standard InChI is InChI=1S/C7H9NO2/c9-7(10)6-2-1-4-8-5-3-6/h1,3-6,8H,2H2,(H,9,10). The summed E-state index contributed by atoms with van der Waals surface area (Å²) >= 11 is 0. The average Bonchev–Trinajstić information content (AvgIpc) is 2.12. The summed E-state index contributed by atoms with van der Waals surface area (Å²) in [5, 5.41) is 11.4. The molecule has 0 aliphatic carbocycles. The van der Waals surface area contributed by atoms with E-state index in [1.54, 1.807) is 24.6 Å². The van der Waals surface area contributed by atoms with Crippen LogP contribution in [-0.2, 0) is 4.79 Å². The second-order valence-electron chi connectivity index (χ2n) is 2.11. The Labute approximate surface area is 59.0 Å². The van der Waals surface area contributed by atoms with Crippen LogP contribution in [0, 0.1) is 5.92 Å². The number of allylic oxidation sites excluding steroid dienone is 1. The average molecular weight is 139 g/mol. The molecule has 3 heteroatoms. The van der Waals surface area contributed by atoms with E-state index in [4.69, 9.17) is 5.11 Å². The number of rotatable bonds is 1. The van der Waals surface area contributed by atoms with Gasteiger partial charge in [-0.2, -0.15) is 0 Å². The highest BCUT2D eigenvalue weighted by Gasteiger charge is 2.11. The third-order valence-corrected chi connectivity index (χ3v) is 1.35. The van der Waals surface area contributed by atoms with Crippen molar-refractivity contribution >= 4 is 5.97 Å². The molecule has 0 aromatic carbocycles. The SMILES string of the molecule is O=C(O)C1C=CNC=CC1. The predicted octanol–water partition coefficient (Wildman–Crippen LogP) is 0.708. The molecule has 2 N–H and O–H groups in total. The van der Waals surface area contributed by atoms with Crippen LogP contribution in [0.5, 0.6) is 0 Å². The van der Waals surface area contributed by atoms with Crippen LogP contribution in [0.15, 0.2) is 24.6 Å². The van der Waals surface area contributed by atoms with Crippen LogP contribution in [0.1, 0.15) is 6.42 Å². The van der Waals surface area contributed by atoms with E-state index in [2.05, 4.69) is 5.32 Å². The van der Waals surface area contributed by atoms with Crippen LogP contribution in [0.4, 0.5) is 0 Å². The minimum Gasteiger partial charge on any atom is -0.481 e. The van der Waals surface area contributed by atoms with Gasteiger partial charge >= 0.3 is 5.97 Å². The van der Waals surface area contributed by atoms with Crippen molar-refractivity contribution in [1.82, 2.24) is 5.32 Å². The molecule has 1 rings (SSSR count). The summed E-state index contributed by atoms with van der Waals surface area (Å²) in [7, 11) is 0. The monoisotopic (exact) mass is 139 g/mol. The number of carboxylic acids is 1. The van der Waals surface area contributed by atoms with E-state index >= 15 is 0 Å². The van der Waals surface area contributed by atoms with E-state index in [9.17, 15) is 4.79 Å². The van der Waals surface area contributed by atoms with Gasteiger partial charge in [0.05, 0.1) is 5.92 Å². The summed E-state index contributed by atoms with van der Waals surface area (Å²) in [6, 6.07) is 0. The smallest absolute Gasteiger partial charge is 0.310 e. The number of hydrogen-bond acceptors (Lipinski definition) is 2. The Bertz CT molecular complexity index is 184. The lowest BCUT2D eigenvalue weighted by Gasteiger charge is -1.99. The molecule has 1 aliphatic rings. The van der Waals surface area contributed by atoms with Crippen LogP contribution < -0.4 is 5.32 Å². The normalized spacial score (nSPS) is 23.4. The lowest BCUT2D eigenvalue weighted by molar-refractivity contribution is -0.139. The molecule has 0 fully saturated rings. The molecular weight excluding hydrogens is 130 g/mol. The molecule has 1 aliphatic heterocycles. The summed E-state index contributed by atoms with van der Waals surface area (Å²) in [6.45, 7) is 0. The molecule has 0 amide bonds. The Morgan fingerprint density at radius 1 is 1.60 bits per heavy atom. The highest BCUT2D eigenvalue weighted by Crippen LogP contribution is 2.07. The van der Waals surface area contributed by atoms with Crippen molar-refractivity contribution in [3.63, 3.8) is 0 Å². The van der Waals surface area contributed by atoms with Gasteiger partial charge in [-0.25, -0.2) is 0 Å². The van der Waals surface area contributed by atoms with E-state index < -0.39 is 5.97 Å². The predicted molar refractivity (Wildman–Crippen MR) is 37.2 cm³/mol. The molecule has 1 heterocycles. The van der Waals surface area contributed by atoms with E-state index in [0.717, 1.165) is 0 Å². The molecule has 54 valence electrons. The summed E-state index contributed by atoms with van der Waals surface area (Å²) < 4.78 is 0. The number of hydrogen-bond donors (Lipinski definition) is 2. The molecule has 0 saturated heterocycles. The lowest BCUT2D eigenvalue weighted by Crippen LogP contribution is -2.09. The quantitative estimate of drug-likeness (QED) is 0.562. The Balaban J connectivity index is 2.60. The van der Waals surface area contributed by atoms with E-state index in [1.165, 1.54) is 0 Å². The van der Waals surface area contributed by atoms with Crippen molar-refractivity contribution in [2.24, 2.45) is 5.92 Å². The molecule has 0 aromatic rings. The first-order chi connectivity index (χ1) is 4.80. The van der Waals surface area contributed by atoms with Crippen molar-refractivity contribution in [3.05, 3.63) is 24.6 Å². The topological polar surface area (TPSA) is 49.3 Å². The first kappa shape index (κ1) is 6.86. The lowest BCUT2D eigenvalue weighted by atomic mass is 10.1. The fourth-order valence-electron chi connectivity index (χ4n) is 0.772. The van der Waals surface area contributed by atoms with Gasteiger partial charge in [-0.1, -0.05) is 12.2 Å². The van der Waals surface area contributed by atoms with Gasteiger partial charge in [0.2, 0.25) is 0 Å². The zero-order valence-corrected chi connectivity index (χ0v) is 5.45. The van der Waals surface area contributed by atoms with Gasteiger partial charge in [-0.05, 0) is 18.8 Å². The summed E-state index contributed by atoms with van der Waals surface area (Å²) in [4.78, 5) is 10.4. The van der Waals surface area contributed by atoms with Crippen LogP contribution in [-0.4, -0.2) is 11.1 Å². The summed E-state index contributed by atoms with van der Waals surface area (Å²) in [5.74, 6) is -1.14. The minimum atomic E-state index is -0.774. The number of aliphatic carboxylic acids is 1. The van der Waals surface area contributed by atoms with Crippen molar-refractivity contribution in [2.75, 3.05) is 0 Å². The third kappa shape index (κ3) is 1.62. The maximum Gasteiger partial charge on any atom is 0.310 e. The largest absolute Gasteiger partial charge is 0.481 e. The van der Waals surface area contributed by atoms with Crippen LogP contribution >= 0.6 is 0 Å². The Morgan fingerprint density at radius 2 is 2.40 bits per heavy atom. The molecular formula is C7H9NO2. The van der Waals surface area contributed by atoms with Gasteiger partial charge in [-0.15, -0.1) is 0 Å². The Morgan fingerprint density at radius 3 is 3.10 bits per heavy atom. The maximum atomic E-state index is 10.4. The van der Waals surface area contributed by atoms with Gasteiger partial charge < -0.3 is 10.4 Å². The maximum absolute atomic E-state index is 10.4. The minimum absolute atomic E-state index is 0.369. The van der Waals surface area contributed by atoms with Crippen LogP contribution in [0.2, 0.25) is 0 Å². The number of nitrogens with one attached hydrogen (secondary N) is 1. The van der Waals surface area contributed by atoms with Crippen molar-refractivity contribution in [2.45, 2.75) is 6.42 Å². The zero-order chi connectivity index (χ0) is 7.40. The molecule has 1 unspecified atom stereocenters. The van der Waals surface area contributed by atoms with Gasteiger partial charge in [-0.3, -0.25) is 4.79 Å². The molecule has 10 heavy (non-hydrogen) atoms. The summed E-state index contributed by atoms with van der Waals surface area (Å²) in [5.41, 5.74) is 0. The number of carboxylic acid groups (broad SMARTS) is 1. The van der Waals surface area contributed by atoms with E-state index in [0.29, 0.717) is 6.42 Å². The third-order valence-electron chi connectivity index (χ3n) is 1.35. The first-order valence-corrected chi connectivity index (χ1v) is 3.11. The summed E-state index contributed by atoms with van der Waals surface area (Å²) in [6.07, 6.45) is 7.39. The van der Waals surface area contributed by atoms with E-state index in [1.807, 2.05) is 0 Å². The molecule has 0 radical (unpaired) electrons. The Kier molecular flexibility index (Phi) is 2.10. The highest BCUT2D eigenvalue weighted by atomic mass is 16.4. The highest BCUT2D eigenvalue weighted by molar-refractivity contribution is 5.72. The van der Waals surface area contributed by atoms with Crippen molar-refractivity contribution in [1.29, 1.82) is 0 Å². The van der Waals surface area contributed by atoms with Crippen LogP contribution in [0.25, 0.3) is 0 Å². The molecule has 0 bridgehead atoms. The molecule has 0 saturated carbocycles.